The molecule has 0 saturated heterocycles. The van der Waals surface area contributed by atoms with Crippen molar-refractivity contribution in [2.24, 2.45) is 0 Å². The van der Waals surface area contributed by atoms with E-state index in [-0.39, 0.29) is 5.75 Å². The summed E-state index contributed by atoms with van der Waals surface area (Å²) in [6.07, 6.45) is 1.01. The van der Waals surface area contributed by atoms with Crippen molar-refractivity contribution in [2.75, 3.05) is 0 Å². The first-order chi connectivity index (χ1) is 12.7. The van der Waals surface area contributed by atoms with Gasteiger partial charge in [-0.05, 0) is 32.9 Å². The number of fused-ring (bicyclic) bond motifs is 2. The maximum absolute atomic E-state index is 15.0. The summed E-state index contributed by atoms with van der Waals surface area (Å²) in [7, 11) is 0. The predicted molar refractivity (Wildman–Crippen MR) is 101 cm³/mol. The smallest absolute Gasteiger partial charge is 0.341 e. The lowest BCUT2D eigenvalue weighted by Crippen LogP contribution is -2.27. The van der Waals surface area contributed by atoms with Crippen LogP contribution in [-0.4, -0.2) is 21.1 Å². The van der Waals surface area contributed by atoms with E-state index in [1.807, 2.05) is 45.0 Å². The fourth-order valence-electron chi connectivity index (χ4n) is 3.14. The highest BCUT2D eigenvalue weighted by Crippen LogP contribution is 2.50. The van der Waals surface area contributed by atoms with Crippen molar-refractivity contribution in [3.8, 4) is 16.9 Å². The third kappa shape index (κ3) is 2.78. The molecular formula is C20H16FNO4S. The molecule has 0 fully saturated rings. The topological polar surface area (TPSA) is 68.0 Å². The van der Waals surface area contributed by atoms with Crippen LogP contribution in [0.15, 0.2) is 51.1 Å². The Balaban J connectivity index is 2.20. The summed E-state index contributed by atoms with van der Waals surface area (Å²) in [5, 5.41) is 9.36. The summed E-state index contributed by atoms with van der Waals surface area (Å²) in [5.41, 5.74) is -0.171. The van der Waals surface area contributed by atoms with Crippen molar-refractivity contribution in [1.82, 2.24) is 4.40 Å². The van der Waals surface area contributed by atoms with Crippen molar-refractivity contribution in [3.63, 3.8) is 0 Å². The molecule has 2 aromatic heterocycles. The second kappa shape index (κ2) is 5.85. The summed E-state index contributed by atoms with van der Waals surface area (Å²) < 4.78 is 22.0. The fraction of sp³-hybridized carbons (Fsp3) is 0.200. The summed E-state index contributed by atoms with van der Waals surface area (Å²) in [5.74, 6) is -2.01. The molecule has 0 spiro atoms. The number of aromatic carboxylic acids is 1. The second-order valence-electron chi connectivity index (χ2n) is 7.24. The molecule has 1 aromatic carbocycles. The number of pyridine rings is 2. The van der Waals surface area contributed by atoms with Crippen LogP contribution >= 0.6 is 11.8 Å². The monoisotopic (exact) mass is 385 g/mol. The van der Waals surface area contributed by atoms with Gasteiger partial charge in [0.25, 0.3) is 5.56 Å². The number of carboxylic acid groups (broad SMARTS) is 1. The van der Waals surface area contributed by atoms with Crippen LogP contribution in [0, 0.1) is 5.82 Å². The number of aromatic nitrogens is 1. The van der Waals surface area contributed by atoms with Gasteiger partial charge in [-0.2, -0.15) is 0 Å². The molecule has 0 amide bonds. The van der Waals surface area contributed by atoms with Gasteiger partial charge in [0.1, 0.15) is 11.2 Å². The lowest BCUT2D eigenvalue weighted by molar-refractivity contribution is 0.0694. The Labute approximate surface area is 158 Å². The van der Waals surface area contributed by atoms with Gasteiger partial charge in [-0.1, -0.05) is 30.0 Å². The molecule has 3 heterocycles. The highest BCUT2D eigenvalue weighted by molar-refractivity contribution is 7.99. The number of nitrogens with zero attached hydrogens (tertiary/aromatic N) is 1. The molecule has 5 nitrogen and oxygen atoms in total. The first kappa shape index (κ1) is 17.6. The zero-order valence-corrected chi connectivity index (χ0v) is 15.7. The third-order valence-electron chi connectivity index (χ3n) is 4.14. The van der Waals surface area contributed by atoms with Gasteiger partial charge >= 0.3 is 5.97 Å². The van der Waals surface area contributed by atoms with E-state index in [1.165, 1.54) is 17.8 Å². The zero-order chi connectivity index (χ0) is 19.5. The normalized spacial score (nSPS) is 12.7. The molecule has 0 unspecified atom stereocenters. The van der Waals surface area contributed by atoms with Crippen LogP contribution in [0.1, 0.15) is 31.1 Å². The Morgan fingerprint density at radius 3 is 2.59 bits per heavy atom. The van der Waals surface area contributed by atoms with Crippen molar-refractivity contribution < 1.29 is 19.0 Å². The molecule has 0 saturated carbocycles. The van der Waals surface area contributed by atoms with Gasteiger partial charge < -0.3 is 9.84 Å². The number of hydrogen-bond donors (Lipinski definition) is 1. The van der Waals surface area contributed by atoms with E-state index in [2.05, 4.69) is 0 Å². The molecule has 1 N–H and O–H groups in total. The van der Waals surface area contributed by atoms with E-state index in [9.17, 15) is 14.7 Å². The minimum Gasteiger partial charge on any atom is -0.484 e. The summed E-state index contributed by atoms with van der Waals surface area (Å²) in [6, 6.07) is 8.74. The number of halogens is 1. The number of carbonyl (C=O) groups is 1. The number of carboxylic acids is 1. The highest BCUT2D eigenvalue weighted by atomic mass is 32.2. The molecule has 0 radical (unpaired) electrons. The Kier molecular flexibility index (Phi) is 3.82. The number of hydrogen-bond acceptors (Lipinski definition) is 4. The van der Waals surface area contributed by atoms with E-state index in [4.69, 9.17) is 4.74 Å². The highest BCUT2D eigenvalue weighted by Gasteiger charge is 2.30. The molecular weight excluding hydrogens is 369 g/mol. The first-order valence-electron chi connectivity index (χ1n) is 8.29. The number of benzene rings is 1. The Hall–Kier alpha value is -2.80. The summed E-state index contributed by atoms with van der Waals surface area (Å²) in [6.45, 7) is 5.44. The minimum absolute atomic E-state index is 0.0546. The van der Waals surface area contributed by atoms with Crippen LogP contribution in [-0.2, 0) is 0 Å². The van der Waals surface area contributed by atoms with Gasteiger partial charge in [0.05, 0.1) is 17.3 Å². The van der Waals surface area contributed by atoms with E-state index < -0.39 is 28.5 Å². The maximum atomic E-state index is 15.0. The molecule has 0 bridgehead atoms. The van der Waals surface area contributed by atoms with Crippen LogP contribution in [0.5, 0.6) is 5.75 Å². The molecule has 27 heavy (non-hydrogen) atoms. The van der Waals surface area contributed by atoms with Crippen LogP contribution in [0.3, 0.4) is 0 Å². The lowest BCUT2D eigenvalue weighted by Gasteiger charge is -2.28. The van der Waals surface area contributed by atoms with Crippen LogP contribution in [0.25, 0.3) is 16.6 Å². The van der Waals surface area contributed by atoms with Crippen molar-refractivity contribution >= 4 is 23.2 Å². The molecule has 7 heteroatoms. The lowest BCUT2D eigenvalue weighted by atomic mass is 10.0. The molecule has 0 aliphatic carbocycles. The average molecular weight is 385 g/mol. The first-order valence-corrected chi connectivity index (χ1v) is 9.10. The van der Waals surface area contributed by atoms with Gasteiger partial charge in [-0.15, -0.1) is 0 Å². The number of rotatable bonds is 2. The zero-order valence-electron chi connectivity index (χ0n) is 14.9. The van der Waals surface area contributed by atoms with E-state index >= 15 is 4.39 Å². The van der Waals surface area contributed by atoms with Crippen molar-refractivity contribution in [1.29, 1.82) is 0 Å². The standard InChI is InChI=1S/C20H16FNO4S/c1-20(2,3)26-17-12(21)9-22-16-14(8-11(18(22)23)19(24)25)27-13-7-5-4-6-10(13)15(16)17/h4-9H,1-3H3,(H,24,25). The second-order valence-corrected chi connectivity index (χ2v) is 8.33. The Morgan fingerprint density at radius 1 is 1.22 bits per heavy atom. The molecule has 0 atom stereocenters. The van der Waals surface area contributed by atoms with Crippen LogP contribution in [0.2, 0.25) is 0 Å². The largest absolute Gasteiger partial charge is 0.484 e. The van der Waals surface area contributed by atoms with Gasteiger partial charge in [0, 0.05) is 15.4 Å². The van der Waals surface area contributed by atoms with Crippen LogP contribution in [0.4, 0.5) is 4.39 Å². The van der Waals surface area contributed by atoms with E-state index in [0.29, 0.717) is 16.0 Å². The predicted octanol–water partition coefficient (Wildman–Crippen LogP) is 4.45. The molecule has 4 rings (SSSR count). The van der Waals surface area contributed by atoms with Gasteiger partial charge in [0.2, 0.25) is 0 Å². The van der Waals surface area contributed by atoms with E-state index in [1.54, 1.807) is 0 Å². The maximum Gasteiger partial charge on any atom is 0.341 e. The summed E-state index contributed by atoms with van der Waals surface area (Å²) in [4.78, 5) is 25.5. The molecule has 1 aliphatic heterocycles. The van der Waals surface area contributed by atoms with E-state index in [0.717, 1.165) is 21.1 Å². The summed E-state index contributed by atoms with van der Waals surface area (Å²) >= 11 is 1.35. The molecule has 1 aliphatic rings. The fourth-order valence-corrected chi connectivity index (χ4v) is 4.28. The Morgan fingerprint density at radius 2 is 1.93 bits per heavy atom. The van der Waals surface area contributed by atoms with Crippen molar-refractivity contribution in [3.05, 3.63) is 58.3 Å². The van der Waals surface area contributed by atoms with Gasteiger partial charge in [-0.3, -0.25) is 9.20 Å². The Bertz CT molecular complexity index is 1180. The minimum atomic E-state index is -1.35. The average Bonchev–Trinajstić information content (AvgIpc) is 2.58. The van der Waals surface area contributed by atoms with Gasteiger partial charge in [0.15, 0.2) is 11.6 Å². The molecule has 3 aromatic rings. The molecule has 138 valence electrons. The quantitative estimate of drug-likeness (QED) is 0.552. The van der Waals surface area contributed by atoms with Crippen molar-refractivity contribution in [2.45, 2.75) is 36.2 Å². The number of ether oxygens (including phenoxy) is 1. The third-order valence-corrected chi connectivity index (χ3v) is 5.24. The van der Waals surface area contributed by atoms with Gasteiger partial charge in [-0.25, -0.2) is 9.18 Å². The SMILES string of the molecule is CC(C)(C)Oc1c(F)cn2c(=O)c(C(=O)O)cc3c2c1-c1ccccc1S3. The van der Waals surface area contributed by atoms with Crippen LogP contribution < -0.4 is 10.3 Å².